The minimum atomic E-state index is -4.20. The van der Waals surface area contributed by atoms with Gasteiger partial charge in [-0.15, -0.1) is 11.3 Å². The number of aryl methyl sites for hydroxylation is 2. The molecule has 0 saturated heterocycles. The molecule has 0 aliphatic carbocycles. The first-order valence-corrected chi connectivity index (χ1v) is 5.76. The molecule has 0 bridgehead atoms. The molecule has 0 unspecified atom stereocenters. The van der Waals surface area contributed by atoms with Crippen LogP contribution >= 0.6 is 11.3 Å². The van der Waals surface area contributed by atoms with Gasteiger partial charge < -0.3 is 5.73 Å². The van der Waals surface area contributed by atoms with Gasteiger partial charge in [-0.2, -0.15) is 13.2 Å². The molecule has 2 aromatic heterocycles. The molecule has 0 atom stereocenters. The van der Waals surface area contributed by atoms with Gasteiger partial charge in [0.2, 0.25) is 0 Å². The Kier molecular flexibility index (Phi) is 2.94. The average molecular weight is 261 g/mol. The predicted octanol–water partition coefficient (Wildman–Crippen LogP) is 3.08. The van der Waals surface area contributed by atoms with Crippen LogP contribution in [0.4, 0.5) is 19.0 Å². The van der Waals surface area contributed by atoms with Gasteiger partial charge >= 0.3 is 6.18 Å². The summed E-state index contributed by atoms with van der Waals surface area (Å²) in [5.41, 5.74) is 5.68. The van der Waals surface area contributed by atoms with E-state index in [1.807, 2.05) is 13.0 Å². The number of aromatic nitrogens is 2. The largest absolute Gasteiger partial charge is 0.389 e. The number of thiophene rings is 1. The lowest BCUT2D eigenvalue weighted by Crippen LogP contribution is -2.10. The Hall–Kier alpha value is -1.37. The van der Waals surface area contributed by atoms with Gasteiger partial charge in [0, 0.05) is 11.3 Å². The van der Waals surface area contributed by atoms with Crippen LogP contribution in [-0.2, 0) is 6.42 Å². The number of alkyl halides is 3. The highest BCUT2D eigenvalue weighted by Gasteiger charge is 2.27. The Balaban J connectivity index is 2.30. The fraction of sp³-hybridized carbons (Fsp3) is 0.400. The quantitative estimate of drug-likeness (QED) is 0.903. The van der Waals surface area contributed by atoms with Gasteiger partial charge in [-0.3, -0.25) is 0 Å². The van der Waals surface area contributed by atoms with Crippen LogP contribution in [0.2, 0.25) is 0 Å². The standard InChI is InChI=1S/C10H10F3N3S/c1-5-4-6-8(14)15-7(16-9(6)17-5)2-3-10(11,12)13/h4H,2-3H2,1H3,(H2,14,15,16). The molecule has 0 saturated carbocycles. The van der Waals surface area contributed by atoms with Gasteiger partial charge in [0.15, 0.2) is 0 Å². The molecule has 0 aliphatic rings. The van der Waals surface area contributed by atoms with Gasteiger partial charge in [0.05, 0.1) is 11.8 Å². The lowest BCUT2D eigenvalue weighted by molar-refractivity contribution is -0.134. The number of nitrogens with two attached hydrogens (primary N) is 1. The smallest absolute Gasteiger partial charge is 0.383 e. The van der Waals surface area contributed by atoms with Gasteiger partial charge in [-0.05, 0) is 13.0 Å². The molecule has 0 spiro atoms. The molecule has 92 valence electrons. The summed E-state index contributed by atoms with van der Waals surface area (Å²) in [6.07, 6.45) is -5.36. The third kappa shape index (κ3) is 2.85. The summed E-state index contributed by atoms with van der Waals surface area (Å²) in [4.78, 5) is 9.63. The van der Waals surface area contributed by atoms with E-state index in [0.29, 0.717) is 10.2 Å². The zero-order valence-electron chi connectivity index (χ0n) is 9.01. The number of hydrogen-bond acceptors (Lipinski definition) is 4. The SMILES string of the molecule is Cc1cc2c(N)nc(CCC(F)(F)F)nc2s1. The molecule has 0 fully saturated rings. The summed E-state index contributed by atoms with van der Waals surface area (Å²) >= 11 is 1.40. The normalized spacial score (nSPS) is 12.2. The number of halogens is 3. The van der Waals surface area contributed by atoms with Crippen LogP contribution in [0.1, 0.15) is 17.1 Å². The first kappa shape index (κ1) is 12.1. The van der Waals surface area contributed by atoms with Gasteiger partial charge in [-0.1, -0.05) is 0 Å². The molecule has 7 heteroatoms. The Morgan fingerprint density at radius 2 is 2.06 bits per heavy atom. The molecule has 2 heterocycles. The topological polar surface area (TPSA) is 51.8 Å². The van der Waals surface area contributed by atoms with Crippen molar-refractivity contribution >= 4 is 27.4 Å². The van der Waals surface area contributed by atoms with Crippen molar-refractivity contribution in [1.29, 1.82) is 0 Å². The van der Waals surface area contributed by atoms with Crippen LogP contribution in [0.15, 0.2) is 6.07 Å². The third-order valence-corrected chi connectivity index (χ3v) is 3.17. The third-order valence-electron chi connectivity index (χ3n) is 2.22. The summed E-state index contributed by atoms with van der Waals surface area (Å²) < 4.78 is 36.2. The van der Waals surface area contributed by atoms with Crippen LogP contribution in [0.25, 0.3) is 10.2 Å². The van der Waals surface area contributed by atoms with Crippen molar-refractivity contribution in [3.63, 3.8) is 0 Å². The number of fused-ring (bicyclic) bond motifs is 1. The highest BCUT2D eigenvalue weighted by Crippen LogP contribution is 2.28. The van der Waals surface area contributed by atoms with Crippen molar-refractivity contribution in [2.75, 3.05) is 5.73 Å². The maximum atomic E-state index is 12.1. The average Bonchev–Trinajstić information content (AvgIpc) is 2.55. The second-order valence-corrected chi connectivity index (χ2v) is 4.95. The molecule has 3 nitrogen and oxygen atoms in total. The fourth-order valence-electron chi connectivity index (χ4n) is 1.48. The molecule has 2 aromatic rings. The monoisotopic (exact) mass is 261 g/mol. The lowest BCUT2D eigenvalue weighted by atomic mass is 10.2. The molecule has 2 rings (SSSR count). The Bertz CT molecular complexity index is 547. The molecular weight excluding hydrogens is 251 g/mol. The van der Waals surface area contributed by atoms with Crippen molar-refractivity contribution in [1.82, 2.24) is 9.97 Å². The molecule has 2 N–H and O–H groups in total. The van der Waals surface area contributed by atoms with Crippen molar-refractivity contribution in [3.8, 4) is 0 Å². The number of rotatable bonds is 2. The Labute approximate surface area is 99.5 Å². The highest BCUT2D eigenvalue weighted by molar-refractivity contribution is 7.18. The lowest BCUT2D eigenvalue weighted by Gasteiger charge is -2.05. The predicted molar refractivity (Wildman–Crippen MR) is 60.9 cm³/mol. The van der Waals surface area contributed by atoms with E-state index in [1.54, 1.807) is 0 Å². The van der Waals surface area contributed by atoms with Gasteiger partial charge in [0.1, 0.15) is 16.5 Å². The Morgan fingerprint density at radius 1 is 1.35 bits per heavy atom. The van der Waals surface area contributed by atoms with E-state index in [9.17, 15) is 13.2 Å². The maximum Gasteiger partial charge on any atom is 0.389 e. The summed E-state index contributed by atoms with van der Waals surface area (Å²) in [5.74, 6) is 0.394. The fourth-order valence-corrected chi connectivity index (χ4v) is 2.38. The minimum Gasteiger partial charge on any atom is -0.383 e. The maximum absolute atomic E-state index is 12.1. The van der Waals surface area contributed by atoms with E-state index < -0.39 is 12.6 Å². The second kappa shape index (κ2) is 4.14. The van der Waals surface area contributed by atoms with Crippen LogP contribution in [0.5, 0.6) is 0 Å². The second-order valence-electron chi connectivity index (χ2n) is 3.72. The van der Waals surface area contributed by atoms with Gasteiger partial charge in [-0.25, -0.2) is 9.97 Å². The number of nitrogen functional groups attached to an aromatic ring is 1. The van der Waals surface area contributed by atoms with Crippen LogP contribution < -0.4 is 5.73 Å². The van der Waals surface area contributed by atoms with E-state index in [-0.39, 0.29) is 18.1 Å². The number of hydrogen-bond donors (Lipinski definition) is 1. The van der Waals surface area contributed by atoms with Crippen molar-refractivity contribution < 1.29 is 13.2 Å². The van der Waals surface area contributed by atoms with E-state index >= 15 is 0 Å². The molecule has 0 amide bonds. The van der Waals surface area contributed by atoms with E-state index in [4.69, 9.17) is 5.73 Å². The summed E-state index contributed by atoms with van der Waals surface area (Å²) in [6.45, 7) is 1.89. The van der Waals surface area contributed by atoms with E-state index in [1.165, 1.54) is 11.3 Å². The summed E-state index contributed by atoms with van der Waals surface area (Å²) in [5, 5.41) is 0.711. The van der Waals surface area contributed by atoms with Gasteiger partial charge in [0.25, 0.3) is 0 Å². The molecule has 0 aliphatic heterocycles. The van der Waals surface area contributed by atoms with Crippen LogP contribution in [0.3, 0.4) is 0 Å². The number of nitrogens with zero attached hydrogens (tertiary/aromatic N) is 2. The van der Waals surface area contributed by atoms with Crippen LogP contribution in [0, 0.1) is 6.92 Å². The zero-order chi connectivity index (χ0) is 12.6. The van der Waals surface area contributed by atoms with E-state index in [0.717, 1.165) is 4.88 Å². The van der Waals surface area contributed by atoms with E-state index in [2.05, 4.69) is 9.97 Å². The van der Waals surface area contributed by atoms with Crippen LogP contribution in [-0.4, -0.2) is 16.1 Å². The summed E-state index contributed by atoms with van der Waals surface area (Å²) in [7, 11) is 0. The van der Waals surface area contributed by atoms with Crippen molar-refractivity contribution in [2.24, 2.45) is 0 Å². The molecule has 17 heavy (non-hydrogen) atoms. The molecule has 0 aromatic carbocycles. The molecular formula is C10H10F3N3S. The van der Waals surface area contributed by atoms with Crippen molar-refractivity contribution in [2.45, 2.75) is 25.9 Å². The highest BCUT2D eigenvalue weighted by atomic mass is 32.1. The Morgan fingerprint density at radius 3 is 2.71 bits per heavy atom. The minimum absolute atomic E-state index is 0.147. The number of anilines is 1. The first-order chi connectivity index (χ1) is 7.85. The summed E-state index contributed by atoms with van der Waals surface area (Å²) in [6, 6.07) is 1.84. The van der Waals surface area contributed by atoms with Crippen molar-refractivity contribution in [3.05, 3.63) is 16.8 Å². The molecule has 0 radical (unpaired) electrons. The first-order valence-electron chi connectivity index (χ1n) is 4.94. The zero-order valence-corrected chi connectivity index (χ0v) is 9.82.